The van der Waals surface area contributed by atoms with Gasteiger partial charge in [0, 0.05) is 0 Å². The van der Waals surface area contributed by atoms with E-state index >= 15 is 0 Å². The van der Waals surface area contributed by atoms with Gasteiger partial charge >= 0.3 is 8.11 Å². The Morgan fingerprint density at radius 3 is 1.26 bits per heavy atom. The van der Waals surface area contributed by atoms with Crippen LogP contribution in [0, 0.1) is 0 Å². The first-order valence-corrected chi connectivity index (χ1v) is 18.4. The van der Waals surface area contributed by atoms with Crippen molar-refractivity contribution in [2.75, 3.05) is 0 Å². The maximum Gasteiger partial charge on any atom is 0.582 e. The molecule has 0 amide bonds. The summed E-state index contributed by atoms with van der Waals surface area (Å²) in [5.41, 5.74) is 3.69. The molecule has 0 aliphatic heterocycles. The predicted octanol–water partition coefficient (Wildman–Crippen LogP) is 4.41. The van der Waals surface area contributed by atoms with Gasteiger partial charge in [-0.25, -0.2) is 0 Å². The molecule has 0 bridgehead atoms. The van der Waals surface area contributed by atoms with Crippen LogP contribution in [0.2, 0.25) is 45.8 Å². The molecule has 0 aliphatic carbocycles. The highest BCUT2D eigenvalue weighted by Crippen LogP contribution is 2.28. The predicted molar refractivity (Wildman–Crippen MR) is 93.6 cm³/mol. The summed E-state index contributed by atoms with van der Waals surface area (Å²) in [6, 6.07) is 0. The monoisotopic (exact) mass is 354 g/mol. The normalized spacial score (nSPS) is 14.3. The zero-order valence-electron chi connectivity index (χ0n) is 13.2. The molecule has 0 saturated heterocycles. The molecule has 112 valence electrons. The molecule has 0 aliphatic rings. The van der Waals surface area contributed by atoms with E-state index in [2.05, 4.69) is 32.8 Å². The molecule has 0 fully saturated rings. The molecule has 0 atom stereocenters. The highest BCUT2D eigenvalue weighted by molar-refractivity contribution is 7.17. The van der Waals surface area contributed by atoms with E-state index in [0.29, 0.717) is 0 Å². The summed E-state index contributed by atoms with van der Waals surface area (Å²) in [5, 5.41) is 0. The average molecular weight is 355 g/mol. The van der Waals surface area contributed by atoms with E-state index < -0.39 is 33.1 Å². The second-order valence-electron chi connectivity index (χ2n) is 6.52. The van der Waals surface area contributed by atoms with E-state index in [1.165, 1.54) is 0 Å². The van der Waals surface area contributed by atoms with Crippen LogP contribution in [0.5, 0.6) is 0 Å². The molecule has 0 aromatic carbocycles. The van der Waals surface area contributed by atoms with Crippen LogP contribution < -0.4 is 0 Å². The fourth-order valence-electron chi connectivity index (χ4n) is 1.14. The second kappa shape index (κ2) is 6.52. The number of hydrogen-bond acceptors (Lipinski definition) is 3. The van der Waals surface area contributed by atoms with Crippen molar-refractivity contribution in [3.05, 3.63) is 24.6 Å². The first-order valence-electron chi connectivity index (χ1n) is 6.31. The summed E-state index contributed by atoms with van der Waals surface area (Å²) < 4.78 is 18.3. The van der Waals surface area contributed by atoms with Crippen molar-refractivity contribution < 1.29 is 12.3 Å². The van der Waals surface area contributed by atoms with E-state index in [1.807, 2.05) is 37.6 Å². The fourth-order valence-corrected chi connectivity index (χ4v) is 17.0. The van der Waals surface area contributed by atoms with Gasteiger partial charge < -0.3 is 12.3 Å². The van der Waals surface area contributed by atoms with Crippen molar-refractivity contribution in [1.82, 2.24) is 0 Å². The Bertz CT molecular complexity index is 317. The van der Waals surface area contributed by atoms with Crippen LogP contribution in [0.3, 0.4) is 0 Å². The van der Waals surface area contributed by atoms with Crippen molar-refractivity contribution in [2.24, 2.45) is 0 Å². The Balaban J connectivity index is 5.24. The summed E-state index contributed by atoms with van der Waals surface area (Å²) in [7, 11) is -9.19. The van der Waals surface area contributed by atoms with Gasteiger partial charge in [-0.2, -0.15) is 0 Å². The largest absolute Gasteiger partial charge is 0.582 e. The fraction of sp³-hybridized carbons (Fsp3) is 0.636. The van der Waals surface area contributed by atoms with E-state index in [4.69, 9.17) is 23.4 Å². The van der Waals surface area contributed by atoms with E-state index in [9.17, 15) is 0 Å². The van der Waals surface area contributed by atoms with Gasteiger partial charge in [0.15, 0.2) is 8.32 Å². The van der Waals surface area contributed by atoms with E-state index in [0.717, 1.165) is 0 Å². The first kappa shape index (κ1) is 19.5. The minimum Gasteiger partial charge on any atom is -0.405 e. The summed E-state index contributed by atoms with van der Waals surface area (Å²) in [4.78, 5) is 0. The maximum absolute atomic E-state index is 6.63. The highest BCUT2D eigenvalue weighted by Gasteiger charge is 2.50. The molecule has 0 N–H and O–H groups in total. The van der Waals surface area contributed by atoms with Crippen LogP contribution in [0.15, 0.2) is 24.6 Å². The zero-order valence-corrected chi connectivity index (χ0v) is 17.9. The van der Waals surface area contributed by atoms with Crippen LogP contribution in [0.4, 0.5) is 0 Å². The topological polar surface area (TPSA) is 27.7 Å². The van der Waals surface area contributed by atoms with Crippen LogP contribution in [-0.2, 0) is 12.3 Å². The van der Waals surface area contributed by atoms with Crippen LogP contribution in [0.1, 0.15) is 0 Å². The Hall–Kier alpha value is 0.518. The van der Waals surface area contributed by atoms with E-state index in [1.54, 1.807) is 0 Å². The molecule has 0 rings (SSSR count). The van der Waals surface area contributed by atoms with Crippen LogP contribution in [-0.4, -0.2) is 33.1 Å². The van der Waals surface area contributed by atoms with Crippen molar-refractivity contribution >= 4 is 44.1 Å². The quantitative estimate of drug-likeness (QED) is 0.477. The molecule has 0 saturated carbocycles. The summed E-state index contributed by atoms with van der Waals surface area (Å²) in [5.74, 6) is 0. The van der Waals surface area contributed by atoms with Crippen LogP contribution in [0.25, 0.3) is 0 Å². The van der Waals surface area contributed by atoms with Crippen molar-refractivity contribution in [3.8, 4) is 0 Å². The molecule has 0 aromatic heterocycles. The van der Waals surface area contributed by atoms with E-state index in [-0.39, 0.29) is 0 Å². The average Bonchev–Trinajstić information content (AvgIpc) is 2.12. The summed E-state index contributed by atoms with van der Waals surface area (Å²) in [6.45, 7) is 22.0. The number of rotatable bonds is 8. The van der Waals surface area contributed by atoms with Crippen LogP contribution >= 0.6 is 11.1 Å². The SMILES string of the molecule is C=C[Si](C)(C)O[Si](Cl)(O[Si](C)(C)C)O[Si](C)(C)C=C. The Morgan fingerprint density at radius 2 is 1.05 bits per heavy atom. The Morgan fingerprint density at radius 1 is 0.737 bits per heavy atom. The van der Waals surface area contributed by atoms with Gasteiger partial charge in [-0.05, 0) is 45.8 Å². The molecule has 0 heterocycles. The minimum atomic E-state index is -3.18. The standard InChI is InChI=1S/C11H27ClO3Si4/c1-10-17(6,7)14-19(12,13-16(3,4)5)15-18(8,9)11-2/h10-11H,1-2H2,3-9H3. The third-order valence-electron chi connectivity index (χ3n) is 2.18. The molecule has 0 spiro atoms. The minimum absolute atomic E-state index is 1.84. The number of hydrogen-bond donors (Lipinski definition) is 0. The lowest BCUT2D eigenvalue weighted by Gasteiger charge is -2.38. The molecular weight excluding hydrogens is 328 g/mol. The Kier molecular flexibility index (Phi) is 6.70. The molecule has 0 radical (unpaired) electrons. The molecule has 19 heavy (non-hydrogen) atoms. The molecule has 0 aromatic rings. The summed E-state index contributed by atoms with van der Waals surface area (Å²) >= 11 is 6.63. The van der Waals surface area contributed by atoms with Gasteiger partial charge in [-0.15, -0.1) is 13.2 Å². The van der Waals surface area contributed by atoms with Gasteiger partial charge in [0.2, 0.25) is 16.6 Å². The number of halogens is 1. The zero-order chi connectivity index (χ0) is 15.5. The maximum atomic E-state index is 6.63. The van der Waals surface area contributed by atoms with Crippen molar-refractivity contribution in [1.29, 1.82) is 0 Å². The van der Waals surface area contributed by atoms with Gasteiger partial charge in [0.1, 0.15) is 0 Å². The molecular formula is C11H27ClO3Si4. The molecule has 3 nitrogen and oxygen atoms in total. The van der Waals surface area contributed by atoms with Gasteiger partial charge in [-0.1, -0.05) is 22.5 Å². The smallest absolute Gasteiger partial charge is 0.405 e. The molecule has 8 heteroatoms. The highest BCUT2D eigenvalue weighted by atomic mass is 35.6. The third kappa shape index (κ3) is 8.40. The third-order valence-corrected chi connectivity index (χ3v) is 15.8. The first-order chi connectivity index (χ1) is 8.24. The van der Waals surface area contributed by atoms with Gasteiger partial charge in [0.05, 0.1) is 0 Å². The lowest BCUT2D eigenvalue weighted by molar-refractivity contribution is 0.287. The molecule has 0 unspecified atom stereocenters. The Labute approximate surface area is 127 Å². The lowest BCUT2D eigenvalue weighted by atomic mass is 11.3. The van der Waals surface area contributed by atoms with Crippen molar-refractivity contribution in [2.45, 2.75) is 45.8 Å². The van der Waals surface area contributed by atoms with Gasteiger partial charge in [-0.3, -0.25) is 0 Å². The second-order valence-corrected chi connectivity index (χ2v) is 22.8. The lowest BCUT2D eigenvalue weighted by Crippen LogP contribution is -2.57. The van der Waals surface area contributed by atoms with Crippen molar-refractivity contribution in [3.63, 3.8) is 0 Å². The van der Waals surface area contributed by atoms with Gasteiger partial charge in [0.25, 0.3) is 0 Å². The summed E-state index contributed by atoms with van der Waals surface area (Å²) in [6.07, 6.45) is 0.